The van der Waals surface area contributed by atoms with Crippen LogP contribution in [0.3, 0.4) is 0 Å². The van der Waals surface area contributed by atoms with Gasteiger partial charge in [-0.05, 0) is 24.3 Å². The summed E-state index contributed by atoms with van der Waals surface area (Å²) in [5.41, 5.74) is 5.74. The largest absolute Gasteiger partial charge is 0.385 e. The molecule has 0 aliphatic rings. The number of hydrogen-bond acceptors (Lipinski definition) is 4. The molecule has 1 aromatic rings. The van der Waals surface area contributed by atoms with Gasteiger partial charge in [0.15, 0.2) is 9.84 Å². The third kappa shape index (κ3) is 3.90. The van der Waals surface area contributed by atoms with Gasteiger partial charge < -0.3 is 11.1 Å². The number of carbonyl (C=O) groups excluding carboxylic acids is 1. The van der Waals surface area contributed by atoms with Crippen LogP contribution in [0.15, 0.2) is 29.2 Å². The third-order valence-electron chi connectivity index (χ3n) is 1.98. The lowest BCUT2D eigenvalue weighted by Gasteiger charge is -2.05. The summed E-state index contributed by atoms with van der Waals surface area (Å²) in [6, 6.07) is 6.33. The number of anilines is 1. The topological polar surface area (TPSA) is 89.3 Å². The van der Waals surface area contributed by atoms with E-state index >= 15 is 0 Å². The maximum atomic E-state index is 11.2. The average molecular weight is 242 g/mol. The van der Waals surface area contributed by atoms with E-state index in [-0.39, 0.29) is 17.2 Å². The SMILES string of the molecule is CS(=O)(=O)c1ccc(NCCC(N)=O)cc1. The van der Waals surface area contributed by atoms with Crippen molar-refractivity contribution in [1.29, 1.82) is 0 Å². The predicted molar refractivity (Wildman–Crippen MR) is 61.9 cm³/mol. The molecule has 0 saturated heterocycles. The van der Waals surface area contributed by atoms with Crippen LogP contribution >= 0.6 is 0 Å². The Morgan fingerprint density at radius 3 is 2.31 bits per heavy atom. The predicted octanol–water partition coefficient (Wildman–Crippen LogP) is 0.377. The number of nitrogens with one attached hydrogen (secondary N) is 1. The van der Waals surface area contributed by atoms with Gasteiger partial charge in [-0.25, -0.2) is 8.42 Å². The highest BCUT2D eigenvalue weighted by Crippen LogP contribution is 2.13. The first-order valence-electron chi connectivity index (χ1n) is 4.72. The van der Waals surface area contributed by atoms with E-state index in [1.165, 1.54) is 12.1 Å². The first kappa shape index (κ1) is 12.5. The number of carbonyl (C=O) groups is 1. The van der Waals surface area contributed by atoms with Crippen LogP contribution in [-0.4, -0.2) is 27.1 Å². The van der Waals surface area contributed by atoms with Crippen LogP contribution in [0.5, 0.6) is 0 Å². The summed E-state index contributed by atoms with van der Waals surface area (Å²) in [6.45, 7) is 0.438. The van der Waals surface area contributed by atoms with Gasteiger partial charge >= 0.3 is 0 Å². The molecule has 0 aliphatic heterocycles. The molecule has 0 bridgehead atoms. The van der Waals surface area contributed by atoms with Gasteiger partial charge in [0.05, 0.1) is 4.90 Å². The number of sulfone groups is 1. The zero-order chi connectivity index (χ0) is 12.2. The fraction of sp³-hybridized carbons (Fsp3) is 0.300. The molecule has 16 heavy (non-hydrogen) atoms. The molecule has 6 heteroatoms. The molecule has 0 fully saturated rings. The van der Waals surface area contributed by atoms with Gasteiger partial charge in [0.2, 0.25) is 5.91 Å². The molecule has 0 heterocycles. The third-order valence-corrected chi connectivity index (χ3v) is 3.11. The van der Waals surface area contributed by atoms with Crippen molar-refractivity contribution in [2.45, 2.75) is 11.3 Å². The van der Waals surface area contributed by atoms with E-state index in [1.807, 2.05) is 0 Å². The van der Waals surface area contributed by atoms with Crippen molar-refractivity contribution in [2.75, 3.05) is 18.1 Å². The van der Waals surface area contributed by atoms with Gasteiger partial charge in [-0.3, -0.25) is 4.79 Å². The highest BCUT2D eigenvalue weighted by molar-refractivity contribution is 7.90. The first-order chi connectivity index (χ1) is 7.39. The number of benzene rings is 1. The van der Waals surface area contributed by atoms with E-state index < -0.39 is 9.84 Å². The Kier molecular flexibility index (Phi) is 3.89. The molecule has 0 saturated carbocycles. The summed E-state index contributed by atoms with van der Waals surface area (Å²) >= 11 is 0. The van der Waals surface area contributed by atoms with Crippen molar-refractivity contribution >= 4 is 21.4 Å². The molecule has 1 aromatic carbocycles. The monoisotopic (exact) mass is 242 g/mol. The van der Waals surface area contributed by atoms with Crippen LogP contribution < -0.4 is 11.1 Å². The van der Waals surface area contributed by atoms with Crippen LogP contribution in [-0.2, 0) is 14.6 Å². The number of amides is 1. The summed E-state index contributed by atoms with van der Waals surface area (Å²) in [6.07, 6.45) is 1.40. The fourth-order valence-electron chi connectivity index (χ4n) is 1.15. The van der Waals surface area contributed by atoms with Gasteiger partial charge in [-0.15, -0.1) is 0 Å². The Labute approximate surface area is 94.6 Å². The minimum Gasteiger partial charge on any atom is -0.385 e. The smallest absolute Gasteiger partial charge is 0.219 e. The molecule has 0 spiro atoms. The molecule has 0 unspecified atom stereocenters. The van der Waals surface area contributed by atoms with Gasteiger partial charge in [0.1, 0.15) is 0 Å². The Hall–Kier alpha value is -1.56. The second-order valence-electron chi connectivity index (χ2n) is 3.44. The summed E-state index contributed by atoms with van der Waals surface area (Å²) in [4.78, 5) is 10.7. The minimum atomic E-state index is -3.16. The van der Waals surface area contributed by atoms with E-state index in [0.29, 0.717) is 6.54 Å². The summed E-state index contributed by atoms with van der Waals surface area (Å²) < 4.78 is 22.3. The second-order valence-corrected chi connectivity index (χ2v) is 5.46. The number of nitrogens with two attached hydrogens (primary N) is 1. The maximum Gasteiger partial charge on any atom is 0.219 e. The van der Waals surface area contributed by atoms with Crippen molar-refractivity contribution in [3.05, 3.63) is 24.3 Å². The Morgan fingerprint density at radius 2 is 1.88 bits per heavy atom. The van der Waals surface area contributed by atoms with E-state index in [1.54, 1.807) is 12.1 Å². The molecule has 0 aliphatic carbocycles. The molecule has 1 amide bonds. The molecule has 88 valence electrons. The highest BCUT2D eigenvalue weighted by Gasteiger charge is 2.05. The number of hydrogen-bond donors (Lipinski definition) is 2. The van der Waals surface area contributed by atoms with Crippen molar-refractivity contribution < 1.29 is 13.2 Å². The van der Waals surface area contributed by atoms with E-state index in [0.717, 1.165) is 11.9 Å². The van der Waals surface area contributed by atoms with Crippen LogP contribution in [0.25, 0.3) is 0 Å². The van der Waals surface area contributed by atoms with Crippen LogP contribution in [0.4, 0.5) is 5.69 Å². The normalized spacial score (nSPS) is 11.1. The summed E-state index contributed by atoms with van der Waals surface area (Å²) in [5, 5.41) is 2.96. The lowest BCUT2D eigenvalue weighted by Crippen LogP contribution is -2.15. The Balaban J connectivity index is 2.62. The fourth-order valence-corrected chi connectivity index (χ4v) is 1.78. The van der Waals surface area contributed by atoms with E-state index in [9.17, 15) is 13.2 Å². The zero-order valence-electron chi connectivity index (χ0n) is 8.93. The van der Waals surface area contributed by atoms with Gasteiger partial charge in [0, 0.05) is 24.9 Å². The highest BCUT2D eigenvalue weighted by atomic mass is 32.2. The molecule has 0 aromatic heterocycles. The van der Waals surface area contributed by atoms with Crippen LogP contribution in [0.1, 0.15) is 6.42 Å². The van der Waals surface area contributed by atoms with Crippen LogP contribution in [0, 0.1) is 0 Å². The Morgan fingerprint density at radius 1 is 1.31 bits per heavy atom. The molecule has 0 atom stereocenters. The molecule has 3 N–H and O–H groups in total. The van der Waals surface area contributed by atoms with Crippen molar-refractivity contribution in [3.63, 3.8) is 0 Å². The quantitative estimate of drug-likeness (QED) is 0.781. The van der Waals surface area contributed by atoms with Gasteiger partial charge in [-0.2, -0.15) is 0 Å². The molecule has 0 radical (unpaired) electrons. The van der Waals surface area contributed by atoms with Crippen molar-refractivity contribution in [1.82, 2.24) is 0 Å². The van der Waals surface area contributed by atoms with E-state index in [2.05, 4.69) is 5.32 Å². The standard InChI is InChI=1S/C10H14N2O3S/c1-16(14,15)9-4-2-8(3-5-9)12-7-6-10(11)13/h2-5,12H,6-7H2,1H3,(H2,11,13). The maximum absolute atomic E-state index is 11.2. The first-order valence-corrected chi connectivity index (χ1v) is 6.61. The Bertz CT molecular complexity index is 465. The lowest BCUT2D eigenvalue weighted by atomic mass is 10.3. The average Bonchev–Trinajstić information content (AvgIpc) is 2.16. The molecular weight excluding hydrogens is 228 g/mol. The lowest BCUT2D eigenvalue weighted by molar-refractivity contribution is -0.117. The summed E-state index contributed by atoms with van der Waals surface area (Å²) in [5.74, 6) is -0.375. The minimum absolute atomic E-state index is 0.244. The molecule has 1 rings (SSSR count). The summed E-state index contributed by atoms with van der Waals surface area (Å²) in [7, 11) is -3.16. The number of primary amides is 1. The molecular formula is C10H14N2O3S. The second kappa shape index (κ2) is 4.98. The zero-order valence-corrected chi connectivity index (χ0v) is 9.75. The van der Waals surface area contributed by atoms with E-state index in [4.69, 9.17) is 5.73 Å². The van der Waals surface area contributed by atoms with Crippen LogP contribution in [0.2, 0.25) is 0 Å². The van der Waals surface area contributed by atoms with Gasteiger partial charge in [-0.1, -0.05) is 0 Å². The van der Waals surface area contributed by atoms with Crippen molar-refractivity contribution in [2.24, 2.45) is 5.73 Å². The molecule has 5 nitrogen and oxygen atoms in total. The van der Waals surface area contributed by atoms with Crippen molar-refractivity contribution in [3.8, 4) is 0 Å². The number of rotatable bonds is 5. The van der Waals surface area contributed by atoms with Gasteiger partial charge in [0.25, 0.3) is 0 Å².